The molecule has 0 spiro atoms. The number of anilines is 1. The quantitative estimate of drug-likeness (QED) is 0.557. The highest BCUT2D eigenvalue weighted by Gasteiger charge is 2.12. The second kappa shape index (κ2) is 7.90. The zero-order valence-electron chi connectivity index (χ0n) is 10.8. The first-order valence-corrected chi connectivity index (χ1v) is 6.53. The fourth-order valence-electron chi connectivity index (χ4n) is 1.75. The summed E-state index contributed by atoms with van der Waals surface area (Å²) in [4.78, 5) is 0. The van der Waals surface area contributed by atoms with Crippen LogP contribution in [0.5, 0.6) is 5.75 Å². The van der Waals surface area contributed by atoms with Gasteiger partial charge in [-0.1, -0.05) is 39.0 Å². The van der Waals surface area contributed by atoms with Gasteiger partial charge in [0.25, 0.3) is 0 Å². The van der Waals surface area contributed by atoms with Crippen molar-refractivity contribution in [3.05, 3.63) is 23.8 Å². The molecule has 4 heteroatoms. The van der Waals surface area contributed by atoms with Crippen LogP contribution in [0.2, 0.25) is 0 Å². The van der Waals surface area contributed by atoms with Crippen molar-refractivity contribution < 1.29 is 13.5 Å². The normalized spacial score (nSPS) is 10.6. The molecule has 1 aromatic carbocycles. The van der Waals surface area contributed by atoms with Crippen molar-refractivity contribution in [2.45, 2.75) is 45.4 Å². The Kier molecular flexibility index (Phi) is 6.47. The number of unbranched alkanes of at least 4 members (excludes halogenated alkanes) is 5. The third-order valence-electron chi connectivity index (χ3n) is 2.82. The Morgan fingerprint density at radius 1 is 1.06 bits per heavy atom. The maximum absolute atomic E-state index is 13.4. The van der Waals surface area contributed by atoms with Gasteiger partial charge in [-0.2, -0.15) is 4.39 Å². The molecule has 0 fully saturated rings. The molecule has 2 nitrogen and oxygen atoms in total. The molecule has 0 amide bonds. The van der Waals surface area contributed by atoms with E-state index in [2.05, 4.69) is 6.92 Å². The number of hydrogen-bond donors (Lipinski definition) is 1. The molecule has 0 aliphatic heterocycles. The summed E-state index contributed by atoms with van der Waals surface area (Å²) in [7, 11) is 0. The summed E-state index contributed by atoms with van der Waals surface area (Å²) < 4.78 is 31.5. The smallest absolute Gasteiger partial charge is 0.202 e. The number of benzene rings is 1. The molecule has 2 N–H and O–H groups in total. The molecule has 0 aromatic heterocycles. The predicted molar refractivity (Wildman–Crippen MR) is 69.6 cm³/mol. The van der Waals surface area contributed by atoms with Crippen LogP contribution < -0.4 is 10.5 Å². The topological polar surface area (TPSA) is 35.2 Å². The second-order valence-corrected chi connectivity index (χ2v) is 4.40. The van der Waals surface area contributed by atoms with Gasteiger partial charge in [0.1, 0.15) is 0 Å². The van der Waals surface area contributed by atoms with Crippen LogP contribution in [0.1, 0.15) is 45.4 Å². The van der Waals surface area contributed by atoms with Crippen molar-refractivity contribution in [1.29, 1.82) is 0 Å². The molecule has 1 rings (SSSR count). The first-order valence-electron chi connectivity index (χ1n) is 6.53. The van der Waals surface area contributed by atoms with E-state index >= 15 is 0 Å². The van der Waals surface area contributed by atoms with Gasteiger partial charge in [-0.25, -0.2) is 4.39 Å². The van der Waals surface area contributed by atoms with Gasteiger partial charge in [-0.15, -0.1) is 0 Å². The van der Waals surface area contributed by atoms with E-state index in [1.807, 2.05) is 0 Å². The first kappa shape index (κ1) is 14.7. The molecule has 0 bridgehead atoms. The maximum atomic E-state index is 13.4. The van der Waals surface area contributed by atoms with Gasteiger partial charge in [0.15, 0.2) is 11.6 Å². The third-order valence-corrected chi connectivity index (χ3v) is 2.82. The van der Waals surface area contributed by atoms with Crippen molar-refractivity contribution in [3.63, 3.8) is 0 Å². The van der Waals surface area contributed by atoms with Crippen LogP contribution in [-0.4, -0.2) is 6.61 Å². The summed E-state index contributed by atoms with van der Waals surface area (Å²) in [6, 6.07) is 2.32. The lowest BCUT2D eigenvalue weighted by atomic mass is 10.1. The standard InChI is InChI=1S/C14H21F2NO/c1-2-3-4-5-6-7-10-18-14-12(17)9-8-11(15)13(14)16/h8-9H,2-7,10,17H2,1H3. The fraction of sp³-hybridized carbons (Fsp3) is 0.571. The molecule has 0 radical (unpaired) electrons. The van der Waals surface area contributed by atoms with Gasteiger partial charge in [0.2, 0.25) is 5.82 Å². The van der Waals surface area contributed by atoms with Crippen molar-refractivity contribution in [2.24, 2.45) is 0 Å². The molecular formula is C14H21F2NO. The highest BCUT2D eigenvalue weighted by molar-refractivity contribution is 5.53. The highest BCUT2D eigenvalue weighted by Crippen LogP contribution is 2.27. The summed E-state index contributed by atoms with van der Waals surface area (Å²) in [5.41, 5.74) is 5.68. The average Bonchev–Trinajstić information content (AvgIpc) is 2.36. The lowest BCUT2D eigenvalue weighted by Crippen LogP contribution is -2.04. The zero-order valence-corrected chi connectivity index (χ0v) is 10.8. The van der Waals surface area contributed by atoms with Crippen LogP contribution in [0, 0.1) is 11.6 Å². The van der Waals surface area contributed by atoms with Crippen LogP contribution in [0.3, 0.4) is 0 Å². The van der Waals surface area contributed by atoms with E-state index in [1.165, 1.54) is 25.3 Å². The minimum absolute atomic E-state index is 0.139. The number of ether oxygens (including phenoxy) is 1. The molecule has 0 aliphatic carbocycles. The van der Waals surface area contributed by atoms with E-state index in [1.54, 1.807) is 0 Å². The Morgan fingerprint density at radius 2 is 1.72 bits per heavy atom. The van der Waals surface area contributed by atoms with Crippen LogP contribution in [0.15, 0.2) is 12.1 Å². The Labute approximate surface area is 107 Å². The maximum Gasteiger partial charge on any atom is 0.202 e. The number of hydrogen-bond acceptors (Lipinski definition) is 2. The van der Waals surface area contributed by atoms with Crippen LogP contribution in [0.4, 0.5) is 14.5 Å². The average molecular weight is 257 g/mol. The molecule has 0 aliphatic rings. The molecule has 102 valence electrons. The Bertz CT molecular complexity index is 369. The van der Waals surface area contributed by atoms with Crippen molar-refractivity contribution in [2.75, 3.05) is 12.3 Å². The van der Waals surface area contributed by atoms with E-state index in [-0.39, 0.29) is 11.4 Å². The van der Waals surface area contributed by atoms with Gasteiger partial charge >= 0.3 is 0 Å². The molecule has 0 unspecified atom stereocenters. The fourth-order valence-corrected chi connectivity index (χ4v) is 1.75. The van der Waals surface area contributed by atoms with E-state index < -0.39 is 11.6 Å². The lowest BCUT2D eigenvalue weighted by Gasteiger charge is -2.10. The molecule has 0 saturated heterocycles. The van der Waals surface area contributed by atoms with Crippen LogP contribution in [-0.2, 0) is 0 Å². The Morgan fingerprint density at radius 3 is 2.44 bits per heavy atom. The minimum Gasteiger partial charge on any atom is -0.488 e. The van der Waals surface area contributed by atoms with Gasteiger partial charge < -0.3 is 10.5 Å². The van der Waals surface area contributed by atoms with E-state index in [4.69, 9.17) is 10.5 Å². The molecular weight excluding hydrogens is 236 g/mol. The van der Waals surface area contributed by atoms with E-state index in [0.29, 0.717) is 6.61 Å². The third kappa shape index (κ3) is 4.51. The summed E-state index contributed by atoms with van der Waals surface area (Å²) in [6.45, 7) is 2.54. The van der Waals surface area contributed by atoms with Crippen LogP contribution >= 0.6 is 0 Å². The SMILES string of the molecule is CCCCCCCCOc1c(N)ccc(F)c1F. The highest BCUT2D eigenvalue weighted by atomic mass is 19.2. The lowest BCUT2D eigenvalue weighted by molar-refractivity contribution is 0.286. The number of rotatable bonds is 8. The Balaban J connectivity index is 2.29. The summed E-state index contributed by atoms with van der Waals surface area (Å²) in [5, 5.41) is 0. The molecule has 0 atom stereocenters. The largest absolute Gasteiger partial charge is 0.488 e. The molecule has 0 heterocycles. The van der Waals surface area contributed by atoms with Gasteiger partial charge in [0, 0.05) is 0 Å². The number of nitrogens with two attached hydrogens (primary N) is 1. The van der Waals surface area contributed by atoms with Gasteiger partial charge in [-0.05, 0) is 18.6 Å². The van der Waals surface area contributed by atoms with E-state index in [9.17, 15) is 8.78 Å². The summed E-state index contributed by atoms with van der Waals surface area (Å²) >= 11 is 0. The number of nitrogen functional groups attached to an aromatic ring is 1. The predicted octanol–water partition coefficient (Wildman–Crippen LogP) is 4.29. The first-order chi connectivity index (χ1) is 8.66. The molecule has 0 saturated carbocycles. The molecule has 18 heavy (non-hydrogen) atoms. The Hall–Kier alpha value is -1.32. The van der Waals surface area contributed by atoms with Crippen molar-refractivity contribution >= 4 is 5.69 Å². The van der Waals surface area contributed by atoms with Gasteiger partial charge in [-0.3, -0.25) is 0 Å². The van der Waals surface area contributed by atoms with Crippen LogP contribution in [0.25, 0.3) is 0 Å². The second-order valence-electron chi connectivity index (χ2n) is 4.40. The molecule has 1 aromatic rings. The zero-order chi connectivity index (χ0) is 13.4. The van der Waals surface area contributed by atoms with Crippen molar-refractivity contribution in [3.8, 4) is 5.75 Å². The summed E-state index contributed by atoms with van der Waals surface area (Å²) in [5.74, 6) is -2.09. The minimum atomic E-state index is -0.999. The van der Waals surface area contributed by atoms with Gasteiger partial charge in [0.05, 0.1) is 12.3 Å². The van der Waals surface area contributed by atoms with Crippen molar-refractivity contribution in [1.82, 2.24) is 0 Å². The monoisotopic (exact) mass is 257 g/mol. The number of halogens is 2. The van der Waals surface area contributed by atoms with E-state index in [0.717, 1.165) is 25.3 Å². The summed E-state index contributed by atoms with van der Waals surface area (Å²) in [6.07, 6.45) is 6.69.